The van der Waals surface area contributed by atoms with E-state index in [9.17, 15) is 31.6 Å². The van der Waals surface area contributed by atoms with E-state index in [4.69, 9.17) is 30.6 Å². The van der Waals surface area contributed by atoms with Crippen molar-refractivity contribution < 1.29 is 45.5 Å². The van der Waals surface area contributed by atoms with Crippen LogP contribution in [0.2, 0.25) is 5.02 Å². The van der Waals surface area contributed by atoms with Gasteiger partial charge in [-0.1, -0.05) is 11.6 Å². The van der Waals surface area contributed by atoms with Crippen molar-refractivity contribution in [3.05, 3.63) is 82.3 Å². The van der Waals surface area contributed by atoms with E-state index >= 15 is 0 Å². The van der Waals surface area contributed by atoms with Crippen LogP contribution >= 0.6 is 11.6 Å². The van der Waals surface area contributed by atoms with E-state index < -0.39 is 63.0 Å². The third kappa shape index (κ3) is 9.08. The van der Waals surface area contributed by atoms with Gasteiger partial charge in [-0.05, 0) is 50.2 Å². The van der Waals surface area contributed by atoms with Crippen LogP contribution in [-0.4, -0.2) is 51.4 Å². The number of carbonyl (C=O) groups excluding carboxylic acids is 3. The van der Waals surface area contributed by atoms with E-state index in [0.717, 1.165) is 18.2 Å². The number of anilines is 1. The molecule has 1 aromatic heterocycles. The number of carbonyl (C=O) groups is 3. The van der Waals surface area contributed by atoms with Crippen LogP contribution in [-0.2, 0) is 30.8 Å². The molecule has 0 aliphatic rings. The second-order valence-corrected chi connectivity index (χ2v) is 10.8. The Balaban J connectivity index is 1.58. The molecule has 3 rings (SSSR count). The highest BCUT2D eigenvalue weighted by atomic mass is 35.5. The molecule has 0 aliphatic heterocycles. The van der Waals surface area contributed by atoms with E-state index in [1.54, 1.807) is 19.1 Å². The minimum atomic E-state index is -4.30. The highest BCUT2D eigenvalue weighted by Gasteiger charge is 2.23. The number of primary sulfonamides is 1. The van der Waals surface area contributed by atoms with E-state index in [2.05, 4.69) is 10.6 Å². The molecular weight excluding hydrogens is 588 g/mol. The maximum Gasteiger partial charge on any atom is 0.344 e. The fourth-order valence-corrected chi connectivity index (χ4v) is 4.74. The van der Waals surface area contributed by atoms with Crippen molar-refractivity contribution in [3.63, 3.8) is 0 Å². The van der Waals surface area contributed by atoms with Gasteiger partial charge in [0.15, 0.2) is 12.4 Å². The third-order valence-electron chi connectivity index (χ3n) is 5.52. The van der Waals surface area contributed by atoms with E-state index in [1.807, 2.05) is 0 Å². The van der Waals surface area contributed by atoms with Crippen LogP contribution in [0.15, 0.2) is 58.0 Å². The Morgan fingerprint density at radius 1 is 1.07 bits per heavy atom. The van der Waals surface area contributed by atoms with Gasteiger partial charge in [0.05, 0.1) is 35.1 Å². The molecule has 2 atom stereocenters. The van der Waals surface area contributed by atoms with E-state index in [-0.39, 0.29) is 35.0 Å². The molecule has 2 aromatic carbocycles. The topological polar surface area (TPSA) is 167 Å². The number of ether oxygens (including phenoxy) is 2. The van der Waals surface area contributed by atoms with Crippen LogP contribution in [0.5, 0.6) is 0 Å². The predicted octanol–water partition coefficient (Wildman–Crippen LogP) is 3.42. The molecule has 41 heavy (non-hydrogen) atoms. The Bertz CT molecular complexity index is 1510. The minimum Gasteiger partial charge on any atom is -0.467 e. The lowest BCUT2D eigenvalue weighted by Crippen LogP contribution is -2.42. The number of furan rings is 1. The second-order valence-electron chi connectivity index (χ2n) is 8.88. The number of halogens is 3. The molecule has 0 saturated carbocycles. The number of sulfonamides is 1. The van der Waals surface area contributed by atoms with Crippen molar-refractivity contribution >= 4 is 45.0 Å². The zero-order valence-electron chi connectivity index (χ0n) is 21.8. The number of ketones is 1. The predicted molar refractivity (Wildman–Crippen MR) is 143 cm³/mol. The van der Waals surface area contributed by atoms with Crippen LogP contribution in [0.1, 0.15) is 40.3 Å². The summed E-state index contributed by atoms with van der Waals surface area (Å²) in [5.41, 5.74) is -0.342. The molecule has 0 amide bonds. The van der Waals surface area contributed by atoms with Gasteiger partial charge in [0, 0.05) is 17.7 Å². The molecule has 15 heteroatoms. The average Bonchev–Trinajstić information content (AvgIpc) is 3.41. The molecule has 0 fully saturated rings. The largest absolute Gasteiger partial charge is 0.467 e. The van der Waals surface area contributed by atoms with E-state index in [0.29, 0.717) is 11.8 Å². The summed E-state index contributed by atoms with van der Waals surface area (Å²) in [6, 6.07) is 6.43. The molecule has 4 N–H and O–H groups in total. The summed E-state index contributed by atoms with van der Waals surface area (Å²) in [7, 11) is -4.30. The molecule has 0 radical (unpaired) electrons. The monoisotopic (exact) mass is 613 g/mol. The van der Waals surface area contributed by atoms with Crippen molar-refractivity contribution in [2.75, 3.05) is 18.5 Å². The summed E-state index contributed by atoms with van der Waals surface area (Å²) >= 11 is 6.04. The van der Waals surface area contributed by atoms with Crippen LogP contribution in [0.3, 0.4) is 0 Å². The number of Topliss-reactive ketones (excluding diaryl/α,β-unsaturated/α-hetero) is 1. The molecule has 0 bridgehead atoms. The summed E-state index contributed by atoms with van der Waals surface area (Å²) in [6.45, 7) is 2.12. The summed E-state index contributed by atoms with van der Waals surface area (Å²) in [4.78, 5) is 36.9. The van der Waals surface area contributed by atoms with Crippen LogP contribution in [0.25, 0.3) is 0 Å². The number of rotatable bonds is 13. The molecule has 220 valence electrons. The molecule has 0 saturated heterocycles. The lowest BCUT2D eigenvalue weighted by molar-refractivity contribution is -0.147. The average molecular weight is 614 g/mol. The first-order chi connectivity index (χ1) is 19.2. The lowest BCUT2D eigenvalue weighted by atomic mass is 10.0. The first kappa shape index (κ1) is 31.7. The quantitative estimate of drug-likeness (QED) is 0.192. The smallest absolute Gasteiger partial charge is 0.344 e. The van der Waals surface area contributed by atoms with Crippen molar-refractivity contribution in [3.8, 4) is 0 Å². The highest BCUT2D eigenvalue weighted by molar-refractivity contribution is 7.89. The third-order valence-corrected chi connectivity index (χ3v) is 6.90. The van der Waals surface area contributed by atoms with Gasteiger partial charge >= 0.3 is 11.9 Å². The van der Waals surface area contributed by atoms with Crippen LogP contribution < -0.4 is 15.8 Å². The Morgan fingerprint density at radius 3 is 2.37 bits per heavy atom. The van der Waals surface area contributed by atoms with Crippen molar-refractivity contribution in [1.82, 2.24) is 5.32 Å². The van der Waals surface area contributed by atoms with Gasteiger partial charge in [0.2, 0.25) is 10.0 Å². The van der Waals surface area contributed by atoms with Gasteiger partial charge in [-0.15, -0.1) is 0 Å². The maximum absolute atomic E-state index is 13.4. The number of nitrogens with one attached hydrogen (secondary N) is 2. The Labute approximate surface area is 239 Å². The molecule has 3 aromatic rings. The summed E-state index contributed by atoms with van der Waals surface area (Å²) in [5, 5.41) is 10.7. The molecule has 1 heterocycles. The van der Waals surface area contributed by atoms with Crippen LogP contribution in [0, 0.1) is 11.6 Å². The first-order valence-electron chi connectivity index (χ1n) is 12.0. The van der Waals surface area contributed by atoms with Gasteiger partial charge in [-0.25, -0.2) is 31.9 Å². The number of benzene rings is 2. The standard InChI is InChI=1S/C26H26ClF2N3O8S/c1-14(32-15(2)25(34)16-6-17(28)8-18(29)7-16)12-39-24(33)13-40-26(35)20-9-23(41(30,36)37)21(27)10-22(20)31-11-19-4-3-5-38-19/h3-10,14-15,31-32H,11-13H2,1-2H3,(H2,30,36,37). The van der Waals surface area contributed by atoms with Crippen molar-refractivity contribution in [2.45, 2.75) is 37.4 Å². The molecule has 2 unspecified atom stereocenters. The van der Waals surface area contributed by atoms with Crippen molar-refractivity contribution in [2.24, 2.45) is 5.14 Å². The molecule has 0 spiro atoms. The number of nitrogens with two attached hydrogens (primary N) is 1. The molecular formula is C26H26ClF2N3O8S. The SMILES string of the molecule is CC(COC(=O)COC(=O)c1cc(S(N)(=O)=O)c(Cl)cc1NCc1ccco1)NC(C)C(=O)c1cc(F)cc(F)c1. The van der Waals surface area contributed by atoms with Gasteiger partial charge in [-0.2, -0.15) is 0 Å². The maximum atomic E-state index is 13.4. The highest BCUT2D eigenvalue weighted by Crippen LogP contribution is 2.29. The van der Waals surface area contributed by atoms with Gasteiger partial charge in [0.1, 0.15) is 28.9 Å². The number of esters is 2. The summed E-state index contributed by atoms with van der Waals surface area (Å²) in [6.07, 6.45) is 1.44. The fraction of sp³-hybridized carbons (Fsp3) is 0.269. The Kier molecular flexibility index (Phi) is 10.6. The minimum absolute atomic E-state index is 0.0897. The number of hydrogen-bond acceptors (Lipinski definition) is 10. The fourth-order valence-electron chi connectivity index (χ4n) is 3.64. The molecule has 11 nitrogen and oxygen atoms in total. The zero-order valence-corrected chi connectivity index (χ0v) is 23.4. The van der Waals surface area contributed by atoms with E-state index in [1.165, 1.54) is 19.3 Å². The number of hydrogen-bond donors (Lipinski definition) is 3. The Hall–Kier alpha value is -3.85. The first-order valence-corrected chi connectivity index (χ1v) is 13.9. The molecule has 0 aliphatic carbocycles. The normalized spacial score (nSPS) is 12.8. The van der Waals surface area contributed by atoms with Gasteiger partial charge < -0.3 is 24.5 Å². The zero-order chi connectivity index (χ0) is 30.3. The van der Waals surface area contributed by atoms with Crippen LogP contribution in [0.4, 0.5) is 14.5 Å². The Morgan fingerprint density at radius 2 is 1.76 bits per heavy atom. The summed E-state index contributed by atoms with van der Waals surface area (Å²) in [5.74, 6) is -3.87. The second kappa shape index (κ2) is 13.7. The van der Waals surface area contributed by atoms with Gasteiger partial charge in [-0.3, -0.25) is 4.79 Å². The van der Waals surface area contributed by atoms with Gasteiger partial charge in [0.25, 0.3) is 0 Å². The summed E-state index contributed by atoms with van der Waals surface area (Å²) < 4.78 is 65.9. The lowest BCUT2D eigenvalue weighted by Gasteiger charge is -2.19. The van der Waals surface area contributed by atoms with Crippen molar-refractivity contribution in [1.29, 1.82) is 0 Å².